The van der Waals surface area contributed by atoms with Crippen LogP contribution in [0.4, 0.5) is 4.79 Å². The van der Waals surface area contributed by atoms with Gasteiger partial charge in [-0.15, -0.1) is 0 Å². The van der Waals surface area contributed by atoms with Gasteiger partial charge in [-0.2, -0.15) is 8.42 Å². The molecule has 12 heteroatoms. The number of hydrogen-bond acceptors (Lipinski definition) is 9. The number of ether oxygens (including phenoxy) is 2. The van der Waals surface area contributed by atoms with Crippen molar-refractivity contribution in [3.63, 3.8) is 0 Å². The van der Waals surface area contributed by atoms with Crippen molar-refractivity contribution in [1.82, 2.24) is 4.90 Å². The van der Waals surface area contributed by atoms with Gasteiger partial charge < -0.3 is 13.7 Å². The van der Waals surface area contributed by atoms with Crippen molar-refractivity contribution < 1.29 is 36.5 Å². The monoisotopic (exact) mass is 597 g/mol. The molecule has 0 unspecified atom stereocenters. The summed E-state index contributed by atoms with van der Waals surface area (Å²) in [6.07, 6.45) is 1.07. The van der Waals surface area contributed by atoms with Crippen molar-refractivity contribution >= 4 is 61.0 Å². The first kappa shape index (κ1) is 27.8. The topological polar surface area (TPSA) is 116 Å². The van der Waals surface area contributed by atoms with Crippen LogP contribution in [0.3, 0.4) is 0 Å². The molecule has 1 aliphatic rings. The van der Waals surface area contributed by atoms with E-state index in [1.165, 1.54) is 30.3 Å². The third-order valence-electron chi connectivity index (χ3n) is 4.66. The van der Waals surface area contributed by atoms with Gasteiger partial charge in [0.2, 0.25) is 0 Å². The van der Waals surface area contributed by atoms with Gasteiger partial charge in [-0.1, -0.05) is 17.7 Å². The highest BCUT2D eigenvalue weighted by Crippen LogP contribution is 2.40. The molecule has 2 aromatic carbocycles. The summed E-state index contributed by atoms with van der Waals surface area (Å²) in [5.41, 5.74) is 1.34. The van der Waals surface area contributed by atoms with E-state index in [2.05, 4.69) is 15.9 Å². The summed E-state index contributed by atoms with van der Waals surface area (Å²) in [5, 5.41) is -0.597. The number of rotatable bonds is 9. The van der Waals surface area contributed by atoms with E-state index in [0.717, 1.165) is 10.5 Å². The molecule has 3 rings (SSSR count). The van der Waals surface area contributed by atoms with Crippen LogP contribution in [0.1, 0.15) is 31.9 Å². The van der Waals surface area contributed by atoms with Crippen molar-refractivity contribution in [3.8, 4) is 11.5 Å². The van der Waals surface area contributed by atoms with Gasteiger partial charge in [-0.3, -0.25) is 19.3 Å². The third-order valence-corrected chi connectivity index (χ3v) is 7.39. The van der Waals surface area contributed by atoms with Gasteiger partial charge >= 0.3 is 16.1 Å². The fraction of sp³-hybridized carbons (Fsp3) is 0.292. The lowest BCUT2D eigenvalue weighted by atomic mass is 10.2. The number of amides is 2. The van der Waals surface area contributed by atoms with Gasteiger partial charge in [-0.25, -0.2) is 0 Å². The molecule has 1 aliphatic heterocycles. The Hall–Kier alpha value is -2.83. The lowest BCUT2D eigenvalue weighted by Gasteiger charge is -2.15. The van der Waals surface area contributed by atoms with Gasteiger partial charge in [0.15, 0.2) is 11.5 Å². The lowest BCUT2D eigenvalue weighted by Crippen LogP contribution is -2.35. The highest BCUT2D eigenvalue weighted by Gasteiger charge is 2.37. The zero-order valence-electron chi connectivity index (χ0n) is 19.9. The maximum atomic E-state index is 12.8. The summed E-state index contributed by atoms with van der Waals surface area (Å²) in [6.45, 7) is 6.62. The van der Waals surface area contributed by atoms with Gasteiger partial charge in [0, 0.05) is 0 Å². The molecular weight excluding hydrogens is 574 g/mol. The molecule has 9 nitrogen and oxygen atoms in total. The summed E-state index contributed by atoms with van der Waals surface area (Å²) in [6, 6.07) is 9.24. The number of thioether (sulfide) groups is 1. The summed E-state index contributed by atoms with van der Waals surface area (Å²) < 4.78 is 41.9. The van der Waals surface area contributed by atoms with Crippen LogP contribution in [0.25, 0.3) is 6.08 Å². The number of carbonyl (C=O) groups excluding carboxylic acids is 3. The second kappa shape index (κ2) is 11.5. The molecule has 0 spiro atoms. The maximum Gasteiger partial charge on any atom is 0.339 e. The molecule has 1 saturated heterocycles. The standard InChI is InChI=1S/C24H24BrNO8S2/c1-5-32-19-11-16(12-20-23(28)26(24(29)35-20)13-21(27)33-14(2)3)10-18(25)22(19)34-36(30,31)17-8-6-15(4)7-9-17/h6-12,14H,5,13H2,1-4H3/b20-12-. The molecule has 0 radical (unpaired) electrons. The quantitative estimate of drug-likeness (QED) is 0.226. The number of aryl methyl sites for hydroxylation is 1. The summed E-state index contributed by atoms with van der Waals surface area (Å²) in [7, 11) is -4.15. The normalized spacial score (nSPS) is 15.1. The van der Waals surface area contributed by atoms with E-state index in [4.69, 9.17) is 13.7 Å². The van der Waals surface area contributed by atoms with Crippen LogP contribution in [0, 0.1) is 6.92 Å². The Morgan fingerprint density at radius 1 is 1.17 bits per heavy atom. The van der Waals surface area contributed by atoms with Crippen LogP contribution < -0.4 is 8.92 Å². The molecule has 0 saturated carbocycles. The number of benzene rings is 2. The third kappa shape index (κ3) is 6.68. The molecule has 0 aromatic heterocycles. The second-order valence-electron chi connectivity index (χ2n) is 7.92. The van der Waals surface area contributed by atoms with E-state index in [1.54, 1.807) is 32.9 Å². The van der Waals surface area contributed by atoms with Crippen LogP contribution in [0.15, 0.2) is 50.7 Å². The number of imide groups is 1. The zero-order valence-corrected chi connectivity index (χ0v) is 23.2. The van der Waals surface area contributed by atoms with Gasteiger partial charge in [-0.05, 0) is 91.3 Å². The minimum absolute atomic E-state index is 0.0174. The lowest BCUT2D eigenvalue weighted by molar-refractivity contribution is -0.149. The first-order valence-electron chi connectivity index (χ1n) is 10.8. The van der Waals surface area contributed by atoms with E-state index in [1.807, 2.05) is 6.92 Å². The number of esters is 1. The molecule has 0 N–H and O–H groups in total. The fourth-order valence-corrected chi connectivity index (χ4v) is 5.54. The van der Waals surface area contributed by atoms with Crippen molar-refractivity contribution in [1.29, 1.82) is 0 Å². The molecule has 0 aliphatic carbocycles. The smallest absolute Gasteiger partial charge is 0.339 e. The fourth-order valence-electron chi connectivity index (χ4n) is 3.09. The second-order valence-corrected chi connectivity index (χ2v) is 11.3. The average molecular weight is 598 g/mol. The van der Waals surface area contributed by atoms with Crippen molar-refractivity contribution in [3.05, 3.63) is 56.9 Å². The van der Waals surface area contributed by atoms with E-state index < -0.39 is 33.8 Å². The SMILES string of the molecule is CCOc1cc(/C=C2\SC(=O)N(CC(=O)OC(C)C)C2=O)cc(Br)c1OS(=O)(=O)c1ccc(C)cc1. The number of nitrogens with zero attached hydrogens (tertiary/aromatic N) is 1. The summed E-state index contributed by atoms with van der Waals surface area (Å²) in [5.74, 6) is -1.26. The Labute approximate surface area is 222 Å². The Morgan fingerprint density at radius 2 is 1.83 bits per heavy atom. The van der Waals surface area contributed by atoms with Crippen LogP contribution in [-0.4, -0.2) is 49.7 Å². The molecule has 192 valence electrons. The van der Waals surface area contributed by atoms with E-state index in [-0.39, 0.29) is 38.5 Å². The minimum Gasteiger partial charge on any atom is -0.490 e. The largest absolute Gasteiger partial charge is 0.490 e. The maximum absolute atomic E-state index is 12.8. The minimum atomic E-state index is -4.15. The molecule has 0 atom stereocenters. The van der Waals surface area contributed by atoms with Crippen molar-refractivity contribution in [2.75, 3.05) is 13.2 Å². The number of carbonyl (C=O) groups is 3. The van der Waals surface area contributed by atoms with Crippen molar-refractivity contribution in [2.45, 2.75) is 38.7 Å². The first-order chi connectivity index (χ1) is 16.9. The van der Waals surface area contributed by atoms with Crippen LogP contribution in [0.2, 0.25) is 0 Å². The van der Waals surface area contributed by atoms with Crippen LogP contribution in [0.5, 0.6) is 11.5 Å². The molecule has 0 bridgehead atoms. The van der Waals surface area contributed by atoms with Gasteiger partial charge in [0.05, 0.1) is 22.1 Å². The summed E-state index contributed by atoms with van der Waals surface area (Å²) >= 11 is 4.00. The Kier molecular flexibility index (Phi) is 8.85. The molecule has 2 aromatic rings. The van der Waals surface area contributed by atoms with Crippen LogP contribution in [-0.2, 0) is 24.4 Å². The van der Waals surface area contributed by atoms with Crippen LogP contribution >= 0.6 is 27.7 Å². The number of halogens is 1. The average Bonchev–Trinajstić information content (AvgIpc) is 3.03. The van der Waals surface area contributed by atoms with Crippen molar-refractivity contribution in [2.24, 2.45) is 0 Å². The molecular formula is C24H24BrNO8S2. The van der Waals surface area contributed by atoms with Gasteiger partial charge in [0.25, 0.3) is 11.1 Å². The first-order valence-corrected chi connectivity index (χ1v) is 13.9. The Morgan fingerprint density at radius 3 is 2.44 bits per heavy atom. The predicted molar refractivity (Wildman–Crippen MR) is 138 cm³/mol. The highest BCUT2D eigenvalue weighted by atomic mass is 79.9. The highest BCUT2D eigenvalue weighted by molar-refractivity contribution is 9.10. The molecule has 36 heavy (non-hydrogen) atoms. The Bertz CT molecular complexity index is 1320. The molecule has 1 fully saturated rings. The number of hydrogen-bond donors (Lipinski definition) is 0. The molecule has 1 heterocycles. The molecule has 2 amide bonds. The zero-order chi connectivity index (χ0) is 26.6. The van der Waals surface area contributed by atoms with E-state index in [0.29, 0.717) is 17.3 Å². The van der Waals surface area contributed by atoms with E-state index >= 15 is 0 Å². The van der Waals surface area contributed by atoms with E-state index in [9.17, 15) is 22.8 Å². The Balaban J connectivity index is 1.89. The predicted octanol–water partition coefficient (Wildman–Crippen LogP) is 4.91. The summed E-state index contributed by atoms with van der Waals surface area (Å²) in [4.78, 5) is 37.8. The van der Waals surface area contributed by atoms with Gasteiger partial charge in [0.1, 0.15) is 11.4 Å².